The Hall–Kier alpha value is -1.83. The van der Waals surface area contributed by atoms with Crippen LogP contribution in [0.2, 0.25) is 10.0 Å². The number of hydrogen-bond donors (Lipinski definition) is 1. The van der Waals surface area contributed by atoms with Crippen molar-refractivity contribution >= 4 is 33.6 Å². The summed E-state index contributed by atoms with van der Waals surface area (Å²) < 4.78 is 24.7. The van der Waals surface area contributed by atoms with E-state index in [1.807, 2.05) is 54.7 Å². The zero-order valence-corrected chi connectivity index (χ0v) is 20.4. The highest BCUT2D eigenvalue weighted by molar-refractivity contribution is 7.96. The second-order valence-electron chi connectivity index (χ2n) is 8.30. The van der Waals surface area contributed by atoms with Crippen LogP contribution < -0.4 is 0 Å². The molecule has 1 unspecified atom stereocenters. The van der Waals surface area contributed by atoms with Crippen molar-refractivity contribution in [2.75, 3.05) is 13.1 Å². The fourth-order valence-corrected chi connectivity index (χ4v) is 5.52. The molecule has 3 aromatic rings. The highest BCUT2D eigenvalue weighted by Crippen LogP contribution is 2.35. The summed E-state index contributed by atoms with van der Waals surface area (Å²) in [6.07, 6.45) is 3.36. The summed E-state index contributed by atoms with van der Waals surface area (Å²) in [5.74, 6) is 0.187. The molecule has 0 aliphatic carbocycles. The fourth-order valence-electron chi connectivity index (χ4n) is 3.94. The lowest BCUT2D eigenvalue weighted by Crippen LogP contribution is -2.45. The van der Waals surface area contributed by atoms with Gasteiger partial charge in [0.2, 0.25) is 0 Å². The highest BCUT2D eigenvalue weighted by atomic mass is 35.5. The Kier molecular flexibility index (Phi) is 6.98. The first-order chi connectivity index (χ1) is 15.3. The average molecular weight is 491 g/mol. The molecule has 5 nitrogen and oxygen atoms in total. The van der Waals surface area contributed by atoms with Crippen LogP contribution in [0.15, 0.2) is 54.7 Å². The van der Waals surface area contributed by atoms with E-state index >= 15 is 0 Å². The maximum Gasteiger partial charge on any atom is 0.293 e. The third-order valence-electron chi connectivity index (χ3n) is 5.88. The van der Waals surface area contributed by atoms with Crippen LogP contribution in [0.25, 0.3) is 22.5 Å². The summed E-state index contributed by atoms with van der Waals surface area (Å²) in [7, 11) is -2.98. The van der Waals surface area contributed by atoms with Gasteiger partial charge in [0.15, 0.2) is 5.25 Å². The van der Waals surface area contributed by atoms with Crippen LogP contribution in [0.3, 0.4) is 0 Å². The third kappa shape index (κ3) is 4.90. The Bertz CT molecular complexity index is 1130. The minimum absolute atomic E-state index is 0.187. The summed E-state index contributed by atoms with van der Waals surface area (Å²) in [5.41, 5.74) is 4.34. The minimum Gasteiger partial charge on any atom is -0.252 e. The molecule has 0 bridgehead atoms. The smallest absolute Gasteiger partial charge is 0.252 e. The normalized spacial score (nSPS) is 17.4. The van der Waals surface area contributed by atoms with Crippen molar-refractivity contribution in [3.05, 3.63) is 70.5 Å². The second-order valence-corrected chi connectivity index (χ2v) is 11.7. The summed E-state index contributed by atoms with van der Waals surface area (Å²) in [6, 6.07) is 15.1. The van der Waals surface area contributed by atoms with Gasteiger partial charge in [-0.05, 0) is 55.2 Å². The van der Waals surface area contributed by atoms with Gasteiger partial charge in [-0.3, -0.25) is 4.98 Å². The van der Waals surface area contributed by atoms with E-state index in [1.165, 1.54) is 0 Å². The molecule has 1 aromatic heterocycles. The first kappa shape index (κ1) is 23.3. The molecule has 32 heavy (non-hydrogen) atoms. The Labute approximate surface area is 200 Å². The molecule has 1 fully saturated rings. The van der Waals surface area contributed by atoms with Crippen LogP contribution in [0, 0.1) is 0 Å². The van der Waals surface area contributed by atoms with Gasteiger partial charge in [-0.1, -0.05) is 51.8 Å². The van der Waals surface area contributed by atoms with Crippen LogP contribution in [-0.2, 0) is 14.6 Å². The third-order valence-corrected chi connectivity index (χ3v) is 8.72. The summed E-state index contributed by atoms with van der Waals surface area (Å²) in [5, 5.41) is 1.03. The van der Waals surface area contributed by atoms with Gasteiger partial charge in [0, 0.05) is 46.4 Å². The van der Waals surface area contributed by atoms with Crippen molar-refractivity contribution in [2.24, 2.45) is 0 Å². The number of benzene rings is 2. The maximum absolute atomic E-state index is 12.6. The number of piperidine rings is 1. The molecule has 168 valence electrons. The first-order valence-electron chi connectivity index (χ1n) is 10.6. The Morgan fingerprint density at radius 3 is 1.94 bits per heavy atom. The highest BCUT2D eigenvalue weighted by Gasteiger charge is 2.41. The molecule has 1 N–H and O–H groups in total. The van der Waals surface area contributed by atoms with Crippen molar-refractivity contribution in [2.45, 2.75) is 37.9 Å². The van der Waals surface area contributed by atoms with Crippen molar-refractivity contribution in [1.29, 1.82) is 0 Å². The Balaban J connectivity index is 1.66. The van der Waals surface area contributed by atoms with E-state index < -0.39 is 10.4 Å². The van der Waals surface area contributed by atoms with E-state index in [4.69, 9.17) is 33.2 Å². The molecule has 0 amide bonds. The van der Waals surface area contributed by atoms with E-state index in [2.05, 4.69) is 0 Å². The van der Waals surface area contributed by atoms with Gasteiger partial charge in [0.05, 0.1) is 17.1 Å². The largest absolute Gasteiger partial charge is 0.293 e. The van der Waals surface area contributed by atoms with Gasteiger partial charge in [0.1, 0.15) is 0 Å². The second kappa shape index (κ2) is 9.57. The molecule has 0 radical (unpaired) electrons. The van der Waals surface area contributed by atoms with E-state index in [1.54, 1.807) is 18.2 Å². The van der Waals surface area contributed by atoms with Gasteiger partial charge in [0.25, 0.3) is 10.4 Å². The van der Waals surface area contributed by atoms with Crippen LogP contribution in [0.4, 0.5) is 0 Å². The SMILES string of the molecule is CC(C)[S+](=O)(O)N1CCC(c2cnc(-c3ccc(Cl)cc3)c(-c3ccc(Cl)cc3)n2)CC1. The average Bonchev–Trinajstić information content (AvgIpc) is 2.80. The van der Waals surface area contributed by atoms with Crippen molar-refractivity contribution < 1.29 is 8.76 Å². The molecule has 1 aliphatic rings. The summed E-state index contributed by atoms with van der Waals surface area (Å²) >= 11 is 12.2. The lowest BCUT2D eigenvalue weighted by atomic mass is 9.94. The quantitative estimate of drug-likeness (QED) is 0.409. The molecule has 1 aliphatic heterocycles. The van der Waals surface area contributed by atoms with Crippen molar-refractivity contribution in [1.82, 2.24) is 14.3 Å². The first-order valence-corrected chi connectivity index (χ1v) is 12.9. The monoisotopic (exact) mass is 490 g/mol. The van der Waals surface area contributed by atoms with E-state index in [-0.39, 0.29) is 11.2 Å². The molecular weight excluding hydrogens is 465 g/mol. The van der Waals surface area contributed by atoms with Crippen molar-refractivity contribution in [3.63, 3.8) is 0 Å². The fraction of sp³-hybridized carbons (Fsp3) is 0.333. The predicted octanol–water partition coefficient (Wildman–Crippen LogP) is 6.59. The van der Waals surface area contributed by atoms with Crippen LogP contribution in [0.1, 0.15) is 38.3 Å². The van der Waals surface area contributed by atoms with Crippen molar-refractivity contribution in [3.8, 4) is 22.5 Å². The number of nitrogens with zero attached hydrogens (tertiary/aromatic N) is 3. The van der Waals surface area contributed by atoms with Gasteiger partial charge >= 0.3 is 0 Å². The van der Waals surface area contributed by atoms with Gasteiger partial charge in [-0.2, -0.15) is 4.55 Å². The molecule has 0 saturated carbocycles. The lowest BCUT2D eigenvalue weighted by Gasteiger charge is -2.30. The number of hydrogen-bond acceptors (Lipinski definition) is 3. The molecule has 2 heterocycles. The number of rotatable bonds is 5. The standard InChI is InChI=1S/C24H25Cl2N3O2S/c1-16(2)32(30,31)29-13-11-17(12-14-29)22-15-27-23(18-3-7-20(25)8-4-18)24(28-22)19-5-9-21(26)10-6-19/h3-10,15-17H,11-14H2,1-2H3/p+1. The van der Waals surface area contributed by atoms with E-state index in [0.29, 0.717) is 23.1 Å². The molecule has 8 heteroatoms. The Morgan fingerprint density at radius 2 is 1.44 bits per heavy atom. The summed E-state index contributed by atoms with van der Waals surface area (Å²) in [6.45, 7) is 4.70. The molecular formula is C24H26Cl2N3O2S+. The predicted molar refractivity (Wildman–Crippen MR) is 132 cm³/mol. The Morgan fingerprint density at radius 1 is 0.938 bits per heavy atom. The summed E-state index contributed by atoms with van der Waals surface area (Å²) in [4.78, 5) is 9.82. The van der Waals surface area contributed by atoms with E-state index in [0.717, 1.165) is 41.1 Å². The number of aromatic nitrogens is 2. The number of halogens is 2. The molecule has 1 atom stereocenters. The van der Waals surface area contributed by atoms with Gasteiger partial charge in [-0.25, -0.2) is 4.98 Å². The minimum atomic E-state index is -2.98. The van der Waals surface area contributed by atoms with Crippen LogP contribution in [-0.4, -0.2) is 37.2 Å². The molecule has 4 rings (SSSR count). The zero-order chi connectivity index (χ0) is 22.9. The maximum atomic E-state index is 12.6. The zero-order valence-electron chi connectivity index (χ0n) is 18.0. The van der Waals surface area contributed by atoms with Crippen LogP contribution in [0.5, 0.6) is 0 Å². The van der Waals surface area contributed by atoms with Gasteiger partial charge < -0.3 is 0 Å². The molecule has 0 spiro atoms. The van der Waals surface area contributed by atoms with Crippen LogP contribution >= 0.6 is 23.2 Å². The van der Waals surface area contributed by atoms with Gasteiger partial charge in [-0.15, -0.1) is 0 Å². The molecule has 1 saturated heterocycles. The lowest BCUT2D eigenvalue weighted by molar-refractivity contribution is 0.290. The molecule has 2 aromatic carbocycles. The topological polar surface area (TPSA) is 66.3 Å². The van der Waals surface area contributed by atoms with E-state index in [9.17, 15) is 8.76 Å².